The summed E-state index contributed by atoms with van der Waals surface area (Å²) in [5.41, 5.74) is 5.30. The Morgan fingerprint density at radius 3 is 2.52 bits per heavy atom. The molecule has 4 saturated carbocycles. The summed E-state index contributed by atoms with van der Waals surface area (Å²) >= 11 is 0. The van der Waals surface area contributed by atoms with Gasteiger partial charge < -0.3 is 41.5 Å². The molecule has 0 amide bonds. The monoisotopic (exact) mass is 850 g/mol. The molecule has 16 atom stereocenters. The van der Waals surface area contributed by atoms with E-state index in [1.54, 1.807) is 7.11 Å². The number of ketones is 2. The molecule has 0 aromatic carbocycles. The first-order valence-corrected chi connectivity index (χ1v) is 25.2. The maximum atomic E-state index is 14.5. The topological polar surface area (TPSA) is 174 Å². The van der Waals surface area contributed by atoms with Crippen molar-refractivity contribution in [1.29, 1.82) is 0 Å². The van der Waals surface area contributed by atoms with Crippen LogP contribution in [0, 0.1) is 76.4 Å². The van der Waals surface area contributed by atoms with Crippen LogP contribution in [0.3, 0.4) is 0 Å². The van der Waals surface area contributed by atoms with Crippen molar-refractivity contribution >= 4 is 11.6 Å². The maximum absolute atomic E-state index is 14.5. The van der Waals surface area contributed by atoms with Crippen molar-refractivity contribution in [3.05, 3.63) is 12.2 Å². The van der Waals surface area contributed by atoms with Crippen LogP contribution >= 0.6 is 0 Å². The summed E-state index contributed by atoms with van der Waals surface area (Å²) in [6.45, 7) is 1.97. The number of ether oxygens (including phenoxy) is 1. The van der Waals surface area contributed by atoms with Crippen LogP contribution in [-0.4, -0.2) is 95.4 Å². The zero-order valence-corrected chi connectivity index (χ0v) is 37.6. The number of aliphatic hydroxyl groups excluding tert-OH is 4. The Kier molecular flexibility index (Phi) is 17.4. The lowest BCUT2D eigenvalue weighted by Gasteiger charge is -2.44. The SMILES string of the molecule is COC1CC2CCC(=O)[C@]3(C#C[C@H](CC[C@H](O)C[C@H](C=CC4CCCCC4)C4CCNC(N)C4)C2CC1O)CC[C@H](C[C@H](CCCO)[C@H]1CN[C@@H]2CC(=O)CC[C@H]2C1)C[C@H]3O. The molecule has 0 radical (unpaired) electrons. The summed E-state index contributed by atoms with van der Waals surface area (Å²) in [5.74, 6) is 10.8. The number of aliphatic hydroxyl groups is 4. The molecule has 7 rings (SSSR count). The van der Waals surface area contributed by atoms with E-state index < -0.39 is 23.7 Å². The number of methoxy groups -OCH3 is 1. The van der Waals surface area contributed by atoms with Crippen LogP contribution in [-0.2, 0) is 14.3 Å². The molecule has 1 spiro atoms. The lowest BCUT2D eigenvalue weighted by Crippen LogP contribution is -2.50. The third-order valence-electron chi connectivity index (χ3n) is 17.5. The minimum absolute atomic E-state index is 0.0121. The number of nitrogens with two attached hydrogens (primary N) is 1. The third kappa shape index (κ3) is 12.2. The minimum Gasteiger partial charge on any atom is -0.396 e. The Bertz CT molecular complexity index is 1510. The fourth-order valence-electron chi connectivity index (χ4n) is 13.7. The Hall–Kier alpha value is -1.68. The molecule has 2 heterocycles. The predicted molar refractivity (Wildman–Crippen MR) is 239 cm³/mol. The van der Waals surface area contributed by atoms with Crippen LogP contribution < -0.4 is 16.4 Å². The van der Waals surface area contributed by atoms with Gasteiger partial charge in [0.1, 0.15) is 11.2 Å². The number of nitrogens with one attached hydrogen (secondary N) is 2. The van der Waals surface area contributed by atoms with E-state index in [1.807, 2.05) is 0 Å². The molecular weight excluding hydrogens is 767 g/mol. The molecule has 10 heteroatoms. The van der Waals surface area contributed by atoms with E-state index in [1.165, 1.54) is 32.1 Å². The second-order valence-corrected chi connectivity index (χ2v) is 21.4. The summed E-state index contributed by atoms with van der Waals surface area (Å²) in [5, 5.41) is 52.2. The number of Topliss-reactive ketones (excluding diaryl/α,β-unsaturated/α-hetero) is 2. The van der Waals surface area contributed by atoms with E-state index in [0.717, 1.165) is 64.5 Å². The van der Waals surface area contributed by atoms with Crippen molar-refractivity contribution < 1.29 is 34.8 Å². The number of carbonyl (C=O) groups is 2. The number of hydrogen-bond acceptors (Lipinski definition) is 10. The summed E-state index contributed by atoms with van der Waals surface area (Å²) in [6, 6.07) is 0.295. The van der Waals surface area contributed by atoms with Crippen molar-refractivity contribution in [3.8, 4) is 11.8 Å². The van der Waals surface area contributed by atoms with Crippen molar-refractivity contribution in [2.75, 3.05) is 26.8 Å². The number of hydrogen-bond donors (Lipinski definition) is 7. The molecule has 344 valence electrons. The van der Waals surface area contributed by atoms with Gasteiger partial charge in [-0.2, -0.15) is 0 Å². The molecule has 6 unspecified atom stereocenters. The van der Waals surface area contributed by atoms with Gasteiger partial charge in [-0.15, -0.1) is 0 Å². The second-order valence-electron chi connectivity index (χ2n) is 21.4. The Morgan fingerprint density at radius 1 is 0.934 bits per heavy atom. The van der Waals surface area contributed by atoms with Crippen LogP contribution in [0.1, 0.15) is 154 Å². The number of allylic oxidation sites excluding steroid dienone is 2. The van der Waals surface area contributed by atoms with Gasteiger partial charge in [-0.05, 0) is 182 Å². The summed E-state index contributed by atoms with van der Waals surface area (Å²) < 4.78 is 5.76. The van der Waals surface area contributed by atoms with Crippen molar-refractivity contribution in [1.82, 2.24) is 10.6 Å². The maximum Gasteiger partial charge on any atom is 0.153 e. The highest BCUT2D eigenvalue weighted by molar-refractivity contribution is 5.89. The van der Waals surface area contributed by atoms with E-state index in [9.17, 15) is 30.0 Å². The summed E-state index contributed by atoms with van der Waals surface area (Å²) in [4.78, 5) is 26.6. The zero-order chi connectivity index (χ0) is 42.9. The van der Waals surface area contributed by atoms with E-state index >= 15 is 0 Å². The second kappa shape index (κ2) is 22.5. The molecule has 0 aromatic rings. The van der Waals surface area contributed by atoms with Crippen LogP contribution in [0.25, 0.3) is 0 Å². The largest absolute Gasteiger partial charge is 0.396 e. The Morgan fingerprint density at radius 2 is 1.75 bits per heavy atom. The summed E-state index contributed by atoms with van der Waals surface area (Å²) in [7, 11) is 1.66. The van der Waals surface area contributed by atoms with Gasteiger partial charge in [0.25, 0.3) is 0 Å². The molecule has 61 heavy (non-hydrogen) atoms. The van der Waals surface area contributed by atoms with Gasteiger partial charge in [0.2, 0.25) is 0 Å². The lowest BCUT2D eigenvalue weighted by atomic mass is 9.62. The molecule has 2 aliphatic heterocycles. The van der Waals surface area contributed by atoms with Crippen LogP contribution in [0.2, 0.25) is 0 Å². The number of rotatable bonds is 15. The van der Waals surface area contributed by atoms with Gasteiger partial charge >= 0.3 is 0 Å². The molecule has 8 N–H and O–H groups in total. The van der Waals surface area contributed by atoms with Gasteiger partial charge in [-0.25, -0.2) is 0 Å². The first kappa shape index (κ1) is 47.3. The average Bonchev–Trinajstić information content (AvgIpc) is 3.31. The molecule has 10 nitrogen and oxygen atoms in total. The van der Waals surface area contributed by atoms with E-state index in [4.69, 9.17) is 10.5 Å². The molecule has 0 bridgehead atoms. The number of carbonyl (C=O) groups excluding carboxylic acids is 2. The quantitative estimate of drug-likeness (QED) is 0.0742. The molecule has 6 fully saturated rings. The average molecular weight is 850 g/mol. The van der Waals surface area contributed by atoms with Crippen molar-refractivity contribution in [2.45, 2.75) is 191 Å². The van der Waals surface area contributed by atoms with E-state index in [0.29, 0.717) is 112 Å². The predicted octanol–water partition coefficient (Wildman–Crippen LogP) is 6.21. The molecule has 2 saturated heterocycles. The number of fused-ring (bicyclic) bond motifs is 2. The van der Waals surface area contributed by atoms with Crippen molar-refractivity contribution in [2.24, 2.45) is 70.3 Å². The molecule has 0 aromatic heterocycles. The van der Waals surface area contributed by atoms with E-state index in [2.05, 4.69) is 34.6 Å². The van der Waals surface area contributed by atoms with Crippen LogP contribution in [0.15, 0.2) is 12.2 Å². The lowest BCUT2D eigenvalue weighted by molar-refractivity contribution is -0.135. The molecule has 5 aliphatic carbocycles. The zero-order valence-electron chi connectivity index (χ0n) is 37.6. The van der Waals surface area contributed by atoms with Gasteiger partial charge in [0.15, 0.2) is 5.78 Å². The minimum atomic E-state index is -1.10. The van der Waals surface area contributed by atoms with Crippen LogP contribution in [0.5, 0.6) is 0 Å². The number of piperidine rings is 2. The molecule has 7 aliphatic rings. The normalized spacial score (nSPS) is 40.5. The summed E-state index contributed by atoms with van der Waals surface area (Å²) in [6.07, 6.45) is 23.3. The highest BCUT2D eigenvalue weighted by atomic mass is 16.5. The highest BCUT2D eigenvalue weighted by Gasteiger charge is 2.50. The third-order valence-corrected chi connectivity index (χ3v) is 17.5. The first-order chi connectivity index (χ1) is 29.5. The van der Waals surface area contributed by atoms with Gasteiger partial charge in [-0.1, -0.05) is 43.3 Å². The fourth-order valence-corrected chi connectivity index (χ4v) is 13.7. The van der Waals surface area contributed by atoms with Gasteiger partial charge in [0.05, 0.1) is 30.6 Å². The van der Waals surface area contributed by atoms with Gasteiger partial charge in [-0.3, -0.25) is 9.59 Å². The Balaban J connectivity index is 1.05. The first-order valence-electron chi connectivity index (χ1n) is 25.2. The standard InChI is InChI=1S/C51H83N3O7/c1-61-47-28-39-13-16-48(59)51(20-17-34(25-49(51)60)24-36(8-5-23-55)41-26-40-12-15-43(57)30-45(40)54-32-41)21-18-35(44(39)31-46(47)58)11-14-42(56)27-37(38-19-22-53-50(52)29-38)10-9-33-6-3-2-4-7-33/h9-10,33-42,44-47,49-50,53-56,58,60H,2-8,11-17,19-20,22-32,52H2,1H3/t34-,35+,36+,37+,38?,39?,40+,41-,42+,44?,45-,46?,47?,49-,50?,51-/m1/s1. The van der Waals surface area contributed by atoms with Crippen LogP contribution in [0.4, 0.5) is 0 Å². The van der Waals surface area contributed by atoms with Gasteiger partial charge in [0, 0.05) is 44.9 Å². The fraction of sp³-hybridized carbons (Fsp3) is 0.882. The smallest absolute Gasteiger partial charge is 0.153 e. The van der Waals surface area contributed by atoms with Crippen molar-refractivity contribution in [3.63, 3.8) is 0 Å². The Labute approximate surface area is 367 Å². The molecular formula is C51H83N3O7. The highest BCUT2D eigenvalue weighted by Crippen LogP contribution is 2.48. The van der Waals surface area contributed by atoms with E-state index in [-0.39, 0.29) is 54.2 Å².